The van der Waals surface area contributed by atoms with Crippen molar-refractivity contribution in [1.82, 2.24) is 10.2 Å². The predicted molar refractivity (Wildman–Crippen MR) is 83.5 cm³/mol. The highest BCUT2D eigenvalue weighted by Gasteiger charge is 2.25. The van der Waals surface area contributed by atoms with Gasteiger partial charge in [-0.1, -0.05) is 17.7 Å². The van der Waals surface area contributed by atoms with Gasteiger partial charge in [0.25, 0.3) is 0 Å². The molecule has 0 saturated carbocycles. The van der Waals surface area contributed by atoms with E-state index < -0.39 is 6.04 Å². The summed E-state index contributed by atoms with van der Waals surface area (Å²) in [7, 11) is 0. The molecule has 0 bridgehead atoms. The van der Waals surface area contributed by atoms with Crippen LogP contribution in [0, 0.1) is 0 Å². The second-order valence-electron chi connectivity index (χ2n) is 5.21. The van der Waals surface area contributed by atoms with E-state index in [9.17, 15) is 9.59 Å². The maximum atomic E-state index is 12.2. The molecule has 1 fully saturated rings. The zero-order chi connectivity index (χ0) is 15.4. The van der Waals surface area contributed by atoms with Gasteiger partial charge in [0.2, 0.25) is 11.8 Å². The number of benzene rings is 1. The number of nitrogens with one attached hydrogen (secondary N) is 1. The van der Waals surface area contributed by atoms with Gasteiger partial charge < -0.3 is 15.1 Å². The van der Waals surface area contributed by atoms with Crippen LogP contribution < -0.4 is 10.2 Å². The number of piperazine rings is 1. The van der Waals surface area contributed by atoms with Crippen molar-refractivity contribution in [1.29, 1.82) is 0 Å². The summed E-state index contributed by atoms with van der Waals surface area (Å²) in [6.07, 6.45) is 0. The van der Waals surface area contributed by atoms with Gasteiger partial charge in [0.05, 0.1) is 0 Å². The Bertz CT molecular complexity index is 527. The molecule has 2 amide bonds. The van der Waals surface area contributed by atoms with E-state index in [0.29, 0.717) is 18.1 Å². The second kappa shape index (κ2) is 6.80. The van der Waals surface area contributed by atoms with Crippen LogP contribution in [0.25, 0.3) is 0 Å². The van der Waals surface area contributed by atoms with Crippen molar-refractivity contribution in [3.05, 3.63) is 29.3 Å². The maximum absolute atomic E-state index is 12.2. The predicted octanol–water partition coefficient (Wildman–Crippen LogP) is 1.51. The molecule has 2 rings (SSSR count). The molecule has 5 nitrogen and oxygen atoms in total. The number of halogens is 1. The maximum Gasteiger partial charge on any atom is 0.244 e. The van der Waals surface area contributed by atoms with Crippen molar-refractivity contribution in [2.45, 2.75) is 19.9 Å². The van der Waals surface area contributed by atoms with Crippen LogP contribution in [0.3, 0.4) is 0 Å². The summed E-state index contributed by atoms with van der Waals surface area (Å²) >= 11 is 6.00. The van der Waals surface area contributed by atoms with Crippen LogP contribution in [-0.4, -0.2) is 48.9 Å². The third-order valence-electron chi connectivity index (χ3n) is 3.55. The Kier molecular flexibility index (Phi) is 5.07. The van der Waals surface area contributed by atoms with Crippen molar-refractivity contribution in [3.8, 4) is 0 Å². The van der Waals surface area contributed by atoms with E-state index in [2.05, 4.69) is 10.2 Å². The lowest BCUT2D eigenvalue weighted by Gasteiger charge is -2.37. The van der Waals surface area contributed by atoms with E-state index in [0.717, 1.165) is 18.8 Å². The molecule has 0 aromatic heterocycles. The van der Waals surface area contributed by atoms with Crippen molar-refractivity contribution in [2.75, 3.05) is 31.1 Å². The lowest BCUT2D eigenvalue weighted by molar-refractivity contribution is -0.135. The molecule has 1 heterocycles. The van der Waals surface area contributed by atoms with E-state index in [1.807, 2.05) is 24.3 Å². The summed E-state index contributed by atoms with van der Waals surface area (Å²) in [4.78, 5) is 27.2. The van der Waals surface area contributed by atoms with Crippen LogP contribution in [-0.2, 0) is 9.59 Å². The van der Waals surface area contributed by atoms with Gasteiger partial charge in [-0.15, -0.1) is 0 Å². The number of carbonyl (C=O) groups excluding carboxylic acids is 2. The third-order valence-corrected chi connectivity index (χ3v) is 3.79. The number of nitrogens with zero attached hydrogens (tertiary/aromatic N) is 2. The number of anilines is 1. The fourth-order valence-electron chi connectivity index (χ4n) is 2.50. The summed E-state index contributed by atoms with van der Waals surface area (Å²) in [5.74, 6) is -0.218. The number of rotatable bonds is 3. The van der Waals surface area contributed by atoms with Gasteiger partial charge in [0.15, 0.2) is 0 Å². The first-order valence-electron chi connectivity index (χ1n) is 7.04. The molecule has 1 aromatic rings. The van der Waals surface area contributed by atoms with E-state index in [1.165, 1.54) is 6.92 Å². The average molecular weight is 310 g/mol. The molecule has 21 heavy (non-hydrogen) atoms. The number of hydrogen-bond donors (Lipinski definition) is 1. The smallest absolute Gasteiger partial charge is 0.244 e. The fourth-order valence-corrected chi connectivity index (χ4v) is 2.68. The molecule has 0 aliphatic carbocycles. The van der Waals surface area contributed by atoms with E-state index in [4.69, 9.17) is 11.6 Å². The Balaban J connectivity index is 1.91. The van der Waals surface area contributed by atoms with Gasteiger partial charge in [-0.2, -0.15) is 0 Å². The van der Waals surface area contributed by atoms with Crippen LogP contribution in [0.4, 0.5) is 5.69 Å². The summed E-state index contributed by atoms with van der Waals surface area (Å²) in [6.45, 7) is 5.95. The van der Waals surface area contributed by atoms with Crippen LogP contribution in [0.1, 0.15) is 13.8 Å². The summed E-state index contributed by atoms with van der Waals surface area (Å²) < 4.78 is 0. The highest BCUT2D eigenvalue weighted by molar-refractivity contribution is 6.30. The minimum atomic E-state index is -0.472. The van der Waals surface area contributed by atoms with Gasteiger partial charge in [-0.05, 0) is 25.1 Å². The van der Waals surface area contributed by atoms with Gasteiger partial charge >= 0.3 is 0 Å². The van der Waals surface area contributed by atoms with Gasteiger partial charge in [-0.25, -0.2) is 0 Å². The topological polar surface area (TPSA) is 52.7 Å². The second-order valence-corrected chi connectivity index (χ2v) is 5.65. The van der Waals surface area contributed by atoms with Crippen LogP contribution >= 0.6 is 11.6 Å². The molecule has 1 aliphatic rings. The molecular weight excluding hydrogens is 290 g/mol. The normalized spacial score (nSPS) is 16.5. The molecule has 1 aromatic carbocycles. The van der Waals surface area contributed by atoms with Gasteiger partial charge in [-0.3, -0.25) is 9.59 Å². The standard InChI is InChI=1S/C15H20ClN3O2/c1-11(17-12(2)20)15(21)19-8-6-18(7-9-19)14-5-3-4-13(16)10-14/h3-5,10-11H,6-9H2,1-2H3,(H,17,20). The first-order valence-corrected chi connectivity index (χ1v) is 7.41. The molecule has 1 saturated heterocycles. The quantitative estimate of drug-likeness (QED) is 0.921. The molecular formula is C15H20ClN3O2. The number of hydrogen-bond acceptors (Lipinski definition) is 3. The lowest BCUT2D eigenvalue weighted by Crippen LogP contribution is -2.54. The van der Waals surface area contributed by atoms with Gasteiger partial charge in [0, 0.05) is 43.8 Å². The third kappa shape index (κ3) is 4.11. The summed E-state index contributed by atoms with van der Waals surface area (Å²) in [5.41, 5.74) is 1.07. The average Bonchev–Trinajstić information content (AvgIpc) is 2.46. The Morgan fingerprint density at radius 1 is 1.24 bits per heavy atom. The first-order chi connectivity index (χ1) is 9.97. The molecule has 6 heteroatoms. The molecule has 1 atom stereocenters. The highest BCUT2D eigenvalue weighted by atomic mass is 35.5. The Morgan fingerprint density at radius 2 is 1.90 bits per heavy atom. The fraction of sp³-hybridized carbons (Fsp3) is 0.467. The summed E-state index contributed by atoms with van der Waals surface area (Å²) in [5, 5.41) is 3.34. The molecule has 1 unspecified atom stereocenters. The zero-order valence-electron chi connectivity index (χ0n) is 12.3. The zero-order valence-corrected chi connectivity index (χ0v) is 13.1. The van der Waals surface area contributed by atoms with E-state index in [-0.39, 0.29) is 11.8 Å². The molecule has 114 valence electrons. The number of carbonyl (C=O) groups is 2. The van der Waals surface area contributed by atoms with Crippen molar-refractivity contribution < 1.29 is 9.59 Å². The van der Waals surface area contributed by atoms with Crippen LogP contribution in [0.2, 0.25) is 5.02 Å². The Hall–Kier alpha value is -1.75. The Labute approximate surface area is 129 Å². The van der Waals surface area contributed by atoms with Crippen molar-refractivity contribution >= 4 is 29.1 Å². The van der Waals surface area contributed by atoms with Crippen LogP contribution in [0.5, 0.6) is 0 Å². The monoisotopic (exact) mass is 309 g/mol. The lowest BCUT2D eigenvalue weighted by atomic mass is 10.2. The SMILES string of the molecule is CC(=O)NC(C)C(=O)N1CCN(c2cccc(Cl)c2)CC1. The highest BCUT2D eigenvalue weighted by Crippen LogP contribution is 2.20. The van der Waals surface area contributed by atoms with Gasteiger partial charge in [0.1, 0.15) is 6.04 Å². The van der Waals surface area contributed by atoms with Crippen molar-refractivity contribution in [2.24, 2.45) is 0 Å². The van der Waals surface area contributed by atoms with Crippen LogP contribution in [0.15, 0.2) is 24.3 Å². The Morgan fingerprint density at radius 3 is 2.48 bits per heavy atom. The minimum absolute atomic E-state index is 0.0315. The number of amides is 2. The molecule has 0 spiro atoms. The molecule has 1 aliphatic heterocycles. The summed E-state index contributed by atoms with van der Waals surface area (Å²) in [6, 6.07) is 7.25. The molecule has 1 N–H and O–H groups in total. The minimum Gasteiger partial charge on any atom is -0.368 e. The van der Waals surface area contributed by atoms with Crippen molar-refractivity contribution in [3.63, 3.8) is 0 Å². The van der Waals surface area contributed by atoms with E-state index >= 15 is 0 Å². The largest absolute Gasteiger partial charge is 0.368 e. The first kappa shape index (κ1) is 15.6. The van der Waals surface area contributed by atoms with E-state index in [1.54, 1.807) is 11.8 Å². The molecule has 0 radical (unpaired) electrons.